The summed E-state index contributed by atoms with van der Waals surface area (Å²) in [6, 6.07) is -0.380. The van der Waals surface area contributed by atoms with Crippen LogP contribution in [0.3, 0.4) is 0 Å². The molecule has 120 valence electrons. The number of ether oxygens (including phenoxy) is 1. The lowest BCUT2D eigenvalue weighted by molar-refractivity contribution is -0.123. The van der Waals surface area contributed by atoms with Crippen LogP contribution in [0.4, 0.5) is 8.78 Å². The molecular formula is C14H22F2N2O3. The number of nitrogens with zero attached hydrogens (tertiary/aromatic N) is 1. The Labute approximate surface area is 122 Å². The van der Waals surface area contributed by atoms with E-state index < -0.39 is 18.1 Å². The van der Waals surface area contributed by atoms with E-state index in [0.717, 1.165) is 12.8 Å². The number of aliphatic hydroxyl groups is 1. The molecule has 0 aromatic heterocycles. The number of hydrogen-bond acceptors (Lipinski definition) is 4. The first-order chi connectivity index (χ1) is 9.94. The summed E-state index contributed by atoms with van der Waals surface area (Å²) in [5.41, 5.74) is 0. The van der Waals surface area contributed by atoms with E-state index in [1.807, 2.05) is 4.90 Å². The van der Waals surface area contributed by atoms with Gasteiger partial charge in [-0.3, -0.25) is 4.79 Å². The number of alkyl halides is 2. The van der Waals surface area contributed by atoms with Crippen molar-refractivity contribution in [3.05, 3.63) is 0 Å². The van der Waals surface area contributed by atoms with E-state index in [9.17, 15) is 18.7 Å². The summed E-state index contributed by atoms with van der Waals surface area (Å²) < 4.78 is 31.7. The summed E-state index contributed by atoms with van der Waals surface area (Å²) in [5.74, 6) is -2.48. The number of amides is 1. The standard InChI is InChI=1S/C14H22F2N2O3/c15-14(16)3-5-18(6-4-14)7-11-12(19)10(8-21-11)17-13(20)9-1-2-9/h9-12,19H,1-8H2,(H,17,20)/t10-,11-,12+/m0/s1. The number of carbonyl (C=O) groups excluding carboxylic acids is 1. The second-order valence-corrected chi connectivity index (χ2v) is 6.41. The Morgan fingerprint density at radius 2 is 2.00 bits per heavy atom. The molecule has 2 heterocycles. The maximum Gasteiger partial charge on any atom is 0.250 e. The van der Waals surface area contributed by atoms with Crippen LogP contribution >= 0.6 is 0 Å². The first-order valence-corrected chi connectivity index (χ1v) is 7.65. The van der Waals surface area contributed by atoms with Gasteiger partial charge >= 0.3 is 0 Å². The fourth-order valence-electron chi connectivity index (χ4n) is 2.93. The number of aliphatic hydroxyl groups excluding tert-OH is 1. The second kappa shape index (κ2) is 5.78. The lowest BCUT2D eigenvalue weighted by Crippen LogP contribution is -2.49. The highest BCUT2D eigenvalue weighted by Crippen LogP contribution is 2.30. The van der Waals surface area contributed by atoms with Crippen LogP contribution in [0.5, 0.6) is 0 Å². The monoisotopic (exact) mass is 304 g/mol. The van der Waals surface area contributed by atoms with Crippen molar-refractivity contribution in [3.8, 4) is 0 Å². The molecule has 1 amide bonds. The van der Waals surface area contributed by atoms with Crippen molar-refractivity contribution >= 4 is 5.91 Å². The van der Waals surface area contributed by atoms with E-state index in [4.69, 9.17) is 4.74 Å². The van der Waals surface area contributed by atoms with Crippen molar-refractivity contribution in [3.63, 3.8) is 0 Å². The van der Waals surface area contributed by atoms with Gasteiger partial charge in [-0.25, -0.2) is 8.78 Å². The summed E-state index contributed by atoms with van der Waals surface area (Å²) in [6.45, 7) is 1.36. The third-order valence-corrected chi connectivity index (χ3v) is 4.58. The minimum absolute atomic E-state index is 0.0130. The van der Waals surface area contributed by atoms with E-state index in [-0.39, 0.29) is 37.3 Å². The van der Waals surface area contributed by atoms with Crippen molar-refractivity contribution in [2.75, 3.05) is 26.2 Å². The van der Waals surface area contributed by atoms with Gasteiger partial charge in [-0.2, -0.15) is 0 Å². The van der Waals surface area contributed by atoms with Gasteiger partial charge in [0.2, 0.25) is 5.91 Å². The van der Waals surface area contributed by atoms with Gasteiger partial charge in [0.15, 0.2) is 0 Å². The van der Waals surface area contributed by atoms with Gasteiger partial charge in [-0.1, -0.05) is 0 Å². The quantitative estimate of drug-likeness (QED) is 0.788. The Balaban J connectivity index is 1.45. The molecule has 5 nitrogen and oxygen atoms in total. The van der Waals surface area contributed by atoms with Crippen molar-refractivity contribution in [1.29, 1.82) is 0 Å². The van der Waals surface area contributed by atoms with Crippen LogP contribution in [-0.2, 0) is 9.53 Å². The number of piperidine rings is 1. The molecule has 2 N–H and O–H groups in total. The van der Waals surface area contributed by atoms with E-state index in [1.165, 1.54) is 0 Å². The molecule has 0 spiro atoms. The lowest BCUT2D eigenvalue weighted by Gasteiger charge is -2.33. The highest BCUT2D eigenvalue weighted by atomic mass is 19.3. The van der Waals surface area contributed by atoms with Gasteiger partial charge in [0, 0.05) is 38.4 Å². The fraction of sp³-hybridized carbons (Fsp3) is 0.929. The smallest absolute Gasteiger partial charge is 0.250 e. The molecule has 1 aliphatic carbocycles. The minimum Gasteiger partial charge on any atom is -0.388 e. The summed E-state index contributed by atoms with van der Waals surface area (Å²) in [4.78, 5) is 13.6. The molecule has 3 rings (SSSR count). The van der Waals surface area contributed by atoms with Gasteiger partial charge < -0.3 is 20.1 Å². The van der Waals surface area contributed by atoms with E-state index >= 15 is 0 Å². The Bertz CT molecular complexity index is 394. The van der Waals surface area contributed by atoms with Crippen LogP contribution in [0.15, 0.2) is 0 Å². The molecule has 2 saturated heterocycles. The summed E-state index contributed by atoms with van der Waals surface area (Å²) in [5, 5.41) is 13.0. The van der Waals surface area contributed by atoms with E-state index in [0.29, 0.717) is 19.6 Å². The van der Waals surface area contributed by atoms with Crippen LogP contribution in [0.25, 0.3) is 0 Å². The topological polar surface area (TPSA) is 61.8 Å². The number of rotatable bonds is 4. The Morgan fingerprint density at radius 1 is 1.33 bits per heavy atom. The number of carbonyl (C=O) groups is 1. The molecule has 3 aliphatic rings. The zero-order chi connectivity index (χ0) is 15.0. The highest BCUT2D eigenvalue weighted by Gasteiger charge is 2.41. The highest BCUT2D eigenvalue weighted by molar-refractivity contribution is 5.81. The molecule has 3 atom stereocenters. The largest absolute Gasteiger partial charge is 0.388 e. The van der Waals surface area contributed by atoms with Gasteiger partial charge in [-0.05, 0) is 12.8 Å². The molecule has 0 aromatic rings. The zero-order valence-electron chi connectivity index (χ0n) is 11.9. The summed E-state index contributed by atoms with van der Waals surface area (Å²) >= 11 is 0. The first kappa shape index (κ1) is 15.1. The average Bonchev–Trinajstić information content (AvgIpc) is 3.22. The van der Waals surface area contributed by atoms with Crippen LogP contribution in [0.2, 0.25) is 0 Å². The molecular weight excluding hydrogens is 282 g/mol. The summed E-state index contributed by atoms with van der Waals surface area (Å²) in [7, 11) is 0. The fourth-order valence-corrected chi connectivity index (χ4v) is 2.93. The molecule has 2 aliphatic heterocycles. The third kappa shape index (κ3) is 3.70. The van der Waals surface area contributed by atoms with Crippen LogP contribution < -0.4 is 5.32 Å². The Morgan fingerprint density at radius 3 is 2.62 bits per heavy atom. The molecule has 0 aromatic carbocycles. The van der Waals surface area contributed by atoms with Crippen LogP contribution in [-0.4, -0.2) is 66.3 Å². The predicted molar refractivity (Wildman–Crippen MR) is 71.0 cm³/mol. The number of nitrogens with one attached hydrogen (secondary N) is 1. The zero-order valence-corrected chi connectivity index (χ0v) is 11.9. The Hall–Kier alpha value is -0.790. The third-order valence-electron chi connectivity index (χ3n) is 4.58. The molecule has 1 saturated carbocycles. The molecule has 0 bridgehead atoms. The number of likely N-dealkylation sites (tertiary alicyclic amines) is 1. The van der Waals surface area contributed by atoms with Crippen LogP contribution in [0, 0.1) is 5.92 Å². The lowest BCUT2D eigenvalue weighted by atomic mass is 10.0. The molecule has 3 fully saturated rings. The van der Waals surface area contributed by atoms with Crippen molar-refractivity contribution in [2.24, 2.45) is 5.92 Å². The summed E-state index contributed by atoms with van der Waals surface area (Å²) in [6.07, 6.45) is 0.369. The van der Waals surface area contributed by atoms with Gasteiger partial charge in [-0.15, -0.1) is 0 Å². The predicted octanol–water partition coefficient (Wildman–Crippen LogP) is 0.372. The van der Waals surface area contributed by atoms with E-state index in [1.54, 1.807) is 0 Å². The van der Waals surface area contributed by atoms with Gasteiger partial charge in [0.1, 0.15) is 6.10 Å². The molecule has 21 heavy (non-hydrogen) atoms. The minimum atomic E-state index is -2.56. The van der Waals surface area contributed by atoms with Crippen molar-refractivity contribution in [1.82, 2.24) is 10.2 Å². The SMILES string of the molecule is O=C(N[C@H]1CO[C@@H](CN2CCC(F)(F)CC2)[C@@H]1O)C1CC1. The molecule has 0 unspecified atom stereocenters. The molecule has 7 heteroatoms. The van der Waals surface area contributed by atoms with Gasteiger partial charge in [0.05, 0.1) is 18.8 Å². The van der Waals surface area contributed by atoms with Crippen LogP contribution in [0.1, 0.15) is 25.7 Å². The number of halogens is 2. The maximum atomic E-state index is 13.1. The number of hydrogen-bond donors (Lipinski definition) is 2. The second-order valence-electron chi connectivity index (χ2n) is 6.41. The van der Waals surface area contributed by atoms with Gasteiger partial charge in [0.25, 0.3) is 5.92 Å². The molecule has 0 radical (unpaired) electrons. The average molecular weight is 304 g/mol. The van der Waals surface area contributed by atoms with Crippen molar-refractivity contribution in [2.45, 2.75) is 49.9 Å². The van der Waals surface area contributed by atoms with Crippen molar-refractivity contribution < 1.29 is 23.4 Å². The Kier molecular flexibility index (Phi) is 4.16. The maximum absolute atomic E-state index is 13.1. The van der Waals surface area contributed by atoms with E-state index in [2.05, 4.69) is 5.32 Å². The normalized spacial score (nSPS) is 36.6. The first-order valence-electron chi connectivity index (χ1n) is 7.65.